The van der Waals surface area contributed by atoms with Crippen molar-refractivity contribution in [2.24, 2.45) is 0 Å². The number of halogens is 1. The van der Waals surface area contributed by atoms with Crippen LogP contribution in [0.2, 0.25) is 4.47 Å². The number of nitrogens with one attached hydrogen (secondary N) is 1. The maximum absolute atomic E-state index is 11.8. The smallest absolute Gasteiger partial charge is 0.282 e. The van der Waals surface area contributed by atoms with Crippen LogP contribution < -0.4 is 5.32 Å². The predicted octanol–water partition coefficient (Wildman–Crippen LogP) is 1.49. The molecule has 0 saturated heterocycles. The van der Waals surface area contributed by atoms with Gasteiger partial charge in [0.2, 0.25) is 9.47 Å². The number of hydrogen-bond donors (Lipinski definition) is 1. The number of methoxy groups -OCH3 is 1. The van der Waals surface area contributed by atoms with E-state index in [1.54, 1.807) is 7.11 Å². The Kier molecular flexibility index (Phi) is 3.73. The maximum atomic E-state index is 11.8. The Morgan fingerprint density at radius 1 is 1.56 bits per heavy atom. The maximum Gasteiger partial charge on any atom is 0.282 e. The van der Waals surface area contributed by atoms with Crippen LogP contribution in [0.3, 0.4) is 0 Å². The van der Waals surface area contributed by atoms with Gasteiger partial charge in [-0.15, -0.1) is 10.2 Å². The number of rotatable bonds is 3. The topological polar surface area (TPSA) is 64.1 Å². The van der Waals surface area contributed by atoms with Gasteiger partial charge in [0.25, 0.3) is 5.91 Å². The highest BCUT2D eigenvalue weighted by Crippen LogP contribution is 2.22. The molecule has 1 amide bonds. The summed E-state index contributed by atoms with van der Waals surface area (Å²) >= 11 is 6.70. The van der Waals surface area contributed by atoms with Crippen LogP contribution in [-0.2, 0) is 4.74 Å². The van der Waals surface area contributed by atoms with Gasteiger partial charge < -0.3 is 10.1 Å². The normalized spacial score (nSPS) is 24.6. The molecule has 88 valence electrons. The van der Waals surface area contributed by atoms with Gasteiger partial charge in [0, 0.05) is 7.11 Å². The van der Waals surface area contributed by atoms with E-state index < -0.39 is 0 Å². The second-order valence-electron chi connectivity index (χ2n) is 3.65. The number of aromatic nitrogens is 2. The fourth-order valence-corrected chi connectivity index (χ4v) is 2.63. The van der Waals surface area contributed by atoms with E-state index in [0.717, 1.165) is 30.6 Å². The SMILES string of the molecule is COC1CCCC1NC(=O)c1nnc(Cl)s1. The summed E-state index contributed by atoms with van der Waals surface area (Å²) in [6, 6.07) is 0.0696. The van der Waals surface area contributed by atoms with E-state index in [0.29, 0.717) is 5.01 Å². The molecular weight excluding hydrogens is 250 g/mol. The van der Waals surface area contributed by atoms with Gasteiger partial charge in [0.05, 0.1) is 12.1 Å². The minimum atomic E-state index is -0.224. The lowest BCUT2D eigenvalue weighted by molar-refractivity contribution is 0.0721. The molecule has 1 aromatic rings. The number of carbonyl (C=O) groups excluding carboxylic acids is 1. The molecule has 1 N–H and O–H groups in total. The fourth-order valence-electron chi connectivity index (χ4n) is 1.90. The van der Waals surface area contributed by atoms with E-state index in [1.807, 2.05) is 0 Å². The third-order valence-electron chi connectivity index (χ3n) is 2.67. The predicted molar refractivity (Wildman–Crippen MR) is 60.8 cm³/mol. The number of amides is 1. The molecule has 1 saturated carbocycles. The van der Waals surface area contributed by atoms with Gasteiger partial charge in [0.15, 0.2) is 0 Å². The zero-order chi connectivity index (χ0) is 11.5. The molecule has 5 nitrogen and oxygen atoms in total. The summed E-state index contributed by atoms with van der Waals surface area (Å²) in [5.41, 5.74) is 0. The highest BCUT2D eigenvalue weighted by Gasteiger charge is 2.29. The van der Waals surface area contributed by atoms with Crippen LogP contribution in [0, 0.1) is 0 Å². The Hall–Kier alpha value is -0.720. The monoisotopic (exact) mass is 261 g/mol. The molecule has 1 aliphatic rings. The van der Waals surface area contributed by atoms with Gasteiger partial charge in [-0.3, -0.25) is 4.79 Å². The number of ether oxygens (including phenoxy) is 1. The zero-order valence-corrected chi connectivity index (χ0v) is 10.3. The molecule has 7 heteroatoms. The molecular formula is C9H12ClN3O2S. The van der Waals surface area contributed by atoms with Crippen molar-refractivity contribution >= 4 is 28.8 Å². The van der Waals surface area contributed by atoms with Crippen molar-refractivity contribution in [3.05, 3.63) is 9.47 Å². The third-order valence-corrected chi connectivity index (χ3v) is 3.68. The van der Waals surface area contributed by atoms with E-state index in [9.17, 15) is 4.79 Å². The summed E-state index contributed by atoms with van der Waals surface area (Å²) in [4.78, 5) is 11.8. The molecule has 2 atom stereocenters. The number of nitrogens with zero attached hydrogens (tertiary/aromatic N) is 2. The van der Waals surface area contributed by atoms with E-state index in [1.165, 1.54) is 0 Å². The van der Waals surface area contributed by atoms with Crippen molar-refractivity contribution in [2.75, 3.05) is 7.11 Å². The minimum Gasteiger partial charge on any atom is -0.379 e. The molecule has 1 heterocycles. The number of hydrogen-bond acceptors (Lipinski definition) is 5. The first-order valence-electron chi connectivity index (χ1n) is 5.03. The van der Waals surface area contributed by atoms with Crippen LogP contribution in [0.1, 0.15) is 29.1 Å². The van der Waals surface area contributed by atoms with Crippen LogP contribution in [-0.4, -0.2) is 35.4 Å². The lowest BCUT2D eigenvalue weighted by Crippen LogP contribution is -2.40. The van der Waals surface area contributed by atoms with Gasteiger partial charge in [-0.05, 0) is 30.9 Å². The third kappa shape index (κ3) is 2.50. The Morgan fingerprint density at radius 2 is 2.38 bits per heavy atom. The molecule has 1 aromatic heterocycles. The van der Waals surface area contributed by atoms with Crippen LogP contribution in [0.5, 0.6) is 0 Å². The molecule has 1 aliphatic carbocycles. The summed E-state index contributed by atoms with van der Waals surface area (Å²) in [6.07, 6.45) is 3.10. The van der Waals surface area contributed by atoms with E-state index in [4.69, 9.17) is 16.3 Å². The summed E-state index contributed by atoms with van der Waals surface area (Å²) in [5, 5.41) is 10.5. The molecule has 0 radical (unpaired) electrons. The van der Waals surface area contributed by atoms with Crippen LogP contribution in [0.25, 0.3) is 0 Å². The van der Waals surface area contributed by atoms with E-state index >= 15 is 0 Å². The first kappa shape index (κ1) is 11.8. The van der Waals surface area contributed by atoms with Crippen molar-refractivity contribution in [1.82, 2.24) is 15.5 Å². The second kappa shape index (κ2) is 5.07. The molecule has 2 unspecified atom stereocenters. The highest BCUT2D eigenvalue weighted by atomic mass is 35.5. The molecule has 1 fully saturated rings. The summed E-state index contributed by atoms with van der Waals surface area (Å²) in [5.74, 6) is -0.224. The first-order valence-corrected chi connectivity index (χ1v) is 6.23. The van der Waals surface area contributed by atoms with Crippen molar-refractivity contribution in [3.8, 4) is 0 Å². The summed E-state index contributed by atoms with van der Waals surface area (Å²) in [6.45, 7) is 0. The van der Waals surface area contributed by atoms with Gasteiger partial charge in [0.1, 0.15) is 0 Å². The summed E-state index contributed by atoms with van der Waals surface area (Å²) in [7, 11) is 1.66. The van der Waals surface area contributed by atoms with Gasteiger partial charge in [-0.2, -0.15) is 0 Å². The van der Waals surface area contributed by atoms with Crippen molar-refractivity contribution in [3.63, 3.8) is 0 Å². The summed E-state index contributed by atoms with van der Waals surface area (Å²) < 4.78 is 5.57. The standard InChI is InChI=1S/C9H12ClN3O2S/c1-15-6-4-2-3-5(6)11-7(14)8-12-13-9(10)16-8/h5-6H,2-4H2,1H3,(H,11,14). The molecule has 16 heavy (non-hydrogen) atoms. The van der Waals surface area contributed by atoms with E-state index in [2.05, 4.69) is 15.5 Å². The molecule has 0 aromatic carbocycles. The Labute approximate surface area is 102 Å². The Morgan fingerprint density at radius 3 is 3.00 bits per heavy atom. The molecule has 0 aliphatic heterocycles. The second-order valence-corrected chi connectivity index (χ2v) is 5.20. The van der Waals surface area contributed by atoms with Crippen molar-refractivity contribution in [2.45, 2.75) is 31.4 Å². The van der Waals surface area contributed by atoms with Gasteiger partial charge >= 0.3 is 0 Å². The van der Waals surface area contributed by atoms with E-state index in [-0.39, 0.29) is 22.5 Å². The lowest BCUT2D eigenvalue weighted by Gasteiger charge is -2.18. The zero-order valence-electron chi connectivity index (χ0n) is 8.77. The fraction of sp³-hybridized carbons (Fsp3) is 0.667. The van der Waals surface area contributed by atoms with Crippen molar-refractivity contribution < 1.29 is 9.53 Å². The first-order chi connectivity index (χ1) is 7.70. The Bertz CT molecular complexity index is 385. The minimum absolute atomic E-state index is 0.0696. The molecule has 0 spiro atoms. The largest absolute Gasteiger partial charge is 0.379 e. The average Bonchev–Trinajstić information content (AvgIpc) is 2.86. The van der Waals surface area contributed by atoms with Crippen LogP contribution >= 0.6 is 22.9 Å². The van der Waals surface area contributed by atoms with Crippen LogP contribution in [0.15, 0.2) is 0 Å². The number of carbonyl (C=O) groups is 1. The average molecular weight is 262 g/mol. The van der Waals surface area contributed by atoms with Gasteiger partial charge in [-0.1, -0.05) is 11.3 Å². The highest BCUT2D eigenvalue weighted by molar-refractivity contribution is 7.17. The van der Waals surface area contributed by atoms with Crippen LogP contribution in [0.4, 0.5) is 0 Å². The molecule has 2 rings (SSSR count). The molecule has 0 bridgehead atoms. The van der Waals surface area contributed by atoms with Crippen molar-refractivity contribution in [1.29, 1.82) is 0 Å². The lowest BCUT2D eigenvalue weighted by atomic mass is 10.2. The Balaban J connectivity index is 1.97. The van der Waals surface area contributed by atoms with Gasteiger partial charge in [-0.25, -0.2) is 0 Å². The quantitative estimate of drug-likeness (QED) is 0.895.